The SMILES string of the molecule is NS(=O)(=O)c1ccc(N[C@@H]2O[C@@H](CO)[C@@H](O)[C@H](O)[C@@H]2O)cc1. The van der Waals surface area contributed by atoms with Crippen LogP contribution in [0, 0.1) is 0 Å². The quantitative estimate of drug-likeness (QED) is 0.353. The van der Waals surface area contributed by atoms with Crippen molar-refractivity contribution in [2.75, 3.05) is 11.9 Å². The largest absolute Gasteiger partial charge is 0.394 e. The maximum Gasteiger partial charge on any atom is 0.238 e. The Morgan fingerprint density at radius 1 is 1.09 bits per heavy atom. The predicted octanol–water partition coefficient (Wildman–Crippen LogP) is -2.45. The van der Waals surface area contributed by atoms with Crippen molar-refractivity contribution in [1.82, 2.24) is 0 Å². The fourth-order valence-corrected chi connectivity index (χ4v) is 2.64. The van der Waals surface area contributed by atoms with Crippen LogP contribution in [0.15, 0.2) is 29.2 Å². The summed E-state index contributed by atoms with van der Waals surface area (Å²) in [6, 6.07) is 5.34. The molecule has 0 saturated carbocycles. The zero-order valence-corrected chi connectivity index (χ0v) is 12.2. The molecule has 124 valence electrons. The van der Waals surface area contributed by atoms with E-state index in [2.05, 4.69) is 5.32 Å². The Labute approximate surface area is 127 Å². The molecule has 2 rings (SSSR count). The standard InChI is InChI=1S/C12H18N2O7S/c13-22(19,20)7-3-1-6(2-4-7)14-12-11(18)10(17)9(16)8(5-15)21-12/h1-4,8-12,14-18H,5H2,(H2,13,19,20)/t8-,9+,10-,11-,12+/m0/s1. The lowest BCUT2D eigenvalue weighted by Gasteiger charge is -2.40. The molecular weight excluding hydrogens is 316 g/mol. The molecule has 1 aliphatic heterocycles. The van der Waals surface area contributed by atoms with Crippen molar-refractivity contribution in [3.8, 4) is 0 Å². The van der Waals surface area contributed by atoms with Gasteiger partial charge in [0.25, 0.3) is 0 Å². The van der Waals surface area contributed by atoms with Crippen LogP contribution in [0.25, 0.3) is 0 Å². The van der Waals surface area contributed by atoms with Crippen LogP contribution in [0.4, 0.5) is 5.69 Å². The minimum atomic E-state index is -3.81. The van der Waals surface area contributed by atoms with Crippen LogP contribution >= 0.6 is 0 Å². The first-order valence-corrected chi connectivity index (χ1v) is 7.98. The van der Waals surface area contributed by atoms with Crippen molar-refractivity contribution in [2.24, 2.45) is 5.14 Å². The molecule has 7 N–H and O–H groups in total. The van der Waals surface area contributed by atoms with Gasteiger partial charge in [-0.1, -0.05) is 0 Å². The summed E-state index contributed by atoms with van der Waals surface area (Å²) in [5.41, 5.74) is 0.400. The lowest BCUT2D eigenvalue weighted by Crippen LogP contribution is -2.60. The topological polar surface area (TPSA) is 162 Å². The third kappa shape index (κ3) is 3.55. The van der Waals surface area contributed by atoms with Crippen LogP contribution in [0.5, 0.6) is 0 Å². The summed E-state index contributed by atoms with van der Waals surface area (Å²) < 4.78 is 27.6. The smallest absolute Gasteiger partial charge is 0.238 e. The number of nitrogens with two attached hydrogens (primary N) is 1. The number of hydrogen-bond acceptors (Lipinski definition) is 8. The maximum absolute atomic E-state index is 11.2. The highest BCUT2D eigenvalue weighted by atomic mass is 32.2. The second-order valence-corrected chi connectivity index (χ2v) is 6.52. The maximum atomic E-state index is 11.2. The number of rotatable bonds is 4. The van der Waals surface area contributed by atoms with E-state index < -0.39 is 47.3 Å². The summed E-state index contributed by atoms with van der Waals surface area (Å²) in [6.07, 6.45) is -6.49. The summed E-state index contributed by atoms with van der Waals surface area (Å²) in [5.74, 6) is 0. The minimum Gasteiger partial charge on any atom is -0.394 e. The average molecular weight is 334 g/mol. The van der Waals surface area contributed by atoms with Gasteiger partial charge in [0.2, 0.25) is 10.0 Å². The molecule has 1 saturated heterocycles. The van der Waals surface area contributed by atoms with E-state index in [0.29, 0.717) is 5.69 Å². The molecule has 9 nitrogen and oxygen atoms in total. The summed E-state index contributed by atoms with van der Waals surface area (Å²) in [6.45, 7) is -0.534. The molecular formula is C12H18N2O7S. The number of benzene rings is 1. The molecule has 0 unspecified atom stereocenters. The third-order valence-corrected chi connectivity index (χ3v) is 4.31. The first-order chi connectivity index (χ1) is 10.2. The Kier molecular flexibility index (Phi) is 5.02. The van der Waals surface area contributed by atoms with Crippen molar-refractivity contribution >= 4 is 15.7 Å². The van der Waals surface area contributed by atoms with E-state index in [1.54, 1.807) is 0 Å². The van der Waals surface area contributed by atoms with Gasteiger partial charge in [-0.3, -0.25) is 0 Å². The number of primary sulfonamides is 1. The molecule has 22 heavy (non-hydrogen) atoms. The van der Waals surface area contributed by atoms with E-state index in [-0.39, 0.29) is 4.90 Å². The molecule has 1 heterocycles. The predicted molar refractivity (Wildman–Crippen MR) is 75.2 cm³/mol. The zero-order valence-electron chi connectivity index (χ0n) is 11.4. The Balaban J connectivity index is 2.12. The van der Waals surface area contributed by atoms with Crippen molar-refractivity contribution in [3.63, 3.8) is 0 Å². The van der Waals surface area contributed by atoms with Gasteiger partial charge in [0, 0.05) is 5.69 Å². The number of sulfonamides is 1. The minimum absolute atomic E-state index is 0.0770. The summed E-state index contributed by atoms with van der Waals surface area (Å²) in [4.78, 5) is -0.0770. The van der Waals surface area contributed by atoms with Crippen LogP contribution in [-0.2, 0) is 14.8 Å². The van der Waals surface area contributed by atoms with Crippen LogP contribution in [0.3, 0.4) is 0 Å². The molecule has 1 aliphatic rings. The molecule has 1 fully saturated rings. The Morgan fingerprint density at radius 2 is 1.68 bits per heavy atom. The number of ether oxygens (including phenoxy) is 1. The lowest BCUT2D eigenvalue weighted by molar-refractivity contribution is -0.221. The number of hydrogen-bond donors (Lipinski definition) is 6. The number of anilines is 1. The summed E-state index contributed by atoms with van der Waals surface area (Å²) in [5, 5.41) is 46.0. The van der Waals surface area contributed by atoms with E-state index in [1.165, 1.54) is 24.3 Å². The summed E-state index contributed by atoms with van der Waals surface area (Å²) >= 11 is 0. The van der Waals surface area contributed by atoms with Gasteiger partial charge in [0.1, 0.15) is 24.4 Å². The van der Waals surface area contributed by atoms with Crippen molar-refractivity contribution < 1.29 is 33.6 Å². The molecule has 0 aromatic heterocycles. The summed E-state index contributed by atoms with van der Waals surface area (Å²) in [7, 11) is -3.81. The van der Waals surface area contributed by atoms with Crippen LogP contribution < -0.4 is 10.5 Å². The van der Waals surface area contributed by atoms with E-state index in [0.717, 1.165) is 0 Å². The van der Waals surface area contributed by atoms with Gasteiger partial charge in [-0.15, -0.1) is 0 Å². The fourth-order valence-electron chi connectivity index (χ4n) is 2.13. The normalized spacial score (nSPS) is 32.7. The molecule has 0 amide bonds. The van der Waals surface area contributed by atoms with Gasteiger partial charge in [-0.05, 0) is 24.3 Å². The highest BCUT2D eigenvalue weighted by Gasteiger charge is 2.43. The first kappa shape index (κ1) is 17.1. The monoisotopic (exact) mass is 334 g/mol. The Morgan fingerprint density at radius 3 is 2.18 bits per heavy atom. The van der Waals surface area contributed by atoms with Crippen molar-refractivity contribution in [1.29, 1.82) is 0 Å². The zero-order chi connectivity index (χ0) is 16.5. The molecule has 0 aliphatic carbocycles. The average Bonchev–Trinajstić information content (AvgIpc) is 2.47. The molecule has 1 aromatic carbocycles. The third-order valence-electron chi connectivity index (χ3n) is 3.38. The first-order valence-electron chi connectivity index (χ1n) is 6.44. The van der Waals surface area contributed by atoms with Gasteiger partial charge in [0.15, 0.2) is 6.23 Å². The van der Waals surface area contributed by atoms with E-state index in [4.69, 9.17) is 15.0 Å². The second-order valence-electron chi connectivity index (χ2n) is 4.96. The van der Waals surface area contributed by atoms with E-state index in [1.807, 2.05) is 0 Å². The van der Waals surface area contributed by atoms with Gasteiger partial charge in [-0.25, -0.2) is 13.6 Å². The van der Waals surface area contributed by atoms with Crippen LogP contribution in [0.1, 0.15) is 0 Å². The lowest BCUT2D eigenvalue weighted by atomic mass is 9.98. The van der Waals surface area contributed by atoms with Crippen molar-refractivity contribution in [2.45, 2.75) is 35.5 Å². The van der Waals surface area contributed by atoms with Gasteiger partial charge >= 0.3 is 0 Å². The molecule has 1 aromatic rings. The number of aliphatic hydroxyl groups excluding tert-OH is 4. The molecule has 0 bridgehead atoms. The molecule has 5 atom stereocenters. The molecule has 0 spiro atoms. The Hall–Kier alpha value is -1.27. The van der Waals surface area contributed by atoms with Gasteiger partial charge in [0.05, 0.1) is 11.5 Å². The highest BCUT2D eigenvalue weighted by Crippen LogP contribution is 2.23. The molecule has 0 radical (unpaired) electrons. The highest BCUT2D eigenvalue weighted by molar-refractivity contribution is 7.89. The second kappa shape index (κ2) is 6.46. The van der Waals surface area contributed by atoms with E-state index in [9.17, 15) is 23.7 Å². The molecule has 10 heteroatoms. The van der Waals surface area contributed by atoms with E-state index >= 15 is 0 Å². The van der Waals surface area contributed by atoms with Gasteiger partial charge < -0.3 is 30.5 Å². The van der Waals surface area contributed by atoms with Crippen molar-refractivity contribution in [3.05, 3.63) is 24.3 Å². The Bertz CT molecular complexity index is 604. The number of aliphatic hydroxyl groups is 4. The number of nitrogens with one attached hydrogen (secondary N) is 1. The van der Waals surface area contributed by atoms with Crippen LogP contribution in [0.2, 0.25) is 0 Å². The van der Waals surface area contributed by atoms with Gasteiger partial charge in [-0.2, -0.15) is 0 Å². The van der Waals surface area contributed by atoms with Crippen LogP contribution in [-0.4, -0.2) is 66.1 Å². The fraction of sp³-hybridized carbons (Fsp3) is 0.500.